The quantitative estimate of drug-likeness (QED) is 0.758. The Morgan fingerprint density at radius 1 is 1.21 bits per heavy atom. The van der Waals surface area contributed by atoms with Gasteiger partial charge in [-0.05, 0) is 5.56 Å². The molecule has 0 spiro atoms. The Labute approximate surface area is 83.9 Å². The van der Waals surface area contributed by atoms with Crippen LogP contribution in [0.2, 0.25) is 0 Å². The normalized spacial score (nSPS) is 12.9. The smallest absolute Gasteiger partial charge is 0.324 e. The minimum atomic E-state index is -3.95. The summed E-state index contributed by atoms with van der Waals surface area (Å²) in [6.07, 6.45) is -0.121. The van der Waals surface area contributed by atoms with Crippen molar-refractivity contribution in [1.29, 1.82) is 0 Å². The highest BCUT2D eigenvalue weighted by Gasteiger charge is 2.29. The summed E-state index contributed by atoms with van der Waals surface area (Å²) in [7, 11) is -3.95. The van der Waals surface area contributed by atoms with Gasteiger partial charge in [0.05, 0.1) is 6.16 Å². The molecule has 0 bridgehead atoms. The number of rotatable bonds is 3. The third-order valence-corrected chi connectivity index (χ3v) is 3.36. The Morgan fingerprint density at radius 3 is 2.14 bits per heavy atom. The molecule has 0 aliphatic heterocycles. The summed E-state index contributed by atoms with van der Waals surface area (Å²) in [5.74, 6) is 0. The first-order chi connectivity index (χ1) is 6.31. The zero-order valence-electron chi connectivity index (χ0n) is 8.34. The predicted octanol–water partition coefficient (Wildman–Crippen LogP) is 2.14. The van der Waals surface area contributed by atoms with E-state index in [0.717, 1.165) is 5.56 Å². The average Bonchev–Trinajstić information content (AvgIpc) is 2.01. The Bertz CT molecular complexity index is 340. The number of hydrogen-bond donors (Lipinski definition) is 2. The lowest BCUT2D eigenvalue weighted by Gasteiger charge is -2.25. The summed E-state index contributed by atoms with van der Waals surface area (Å²) in [5, 5.41) is 0. The highest BCUT2D eigenvalue weighted by molar-refractivity contribution is 7.51. The molecule has 0 saturated heterocycles. The minimum Gasteiger partial charge on any atom is -0.324 e. The molecular formula is C10H15O3P. The Kier molecular flexibility index (Phi) is 3.15. The van der Waals surface area contributed by atoms with Crippen LogP contribution in [0.3, 0.4) is 0 Å². The van der Waals surface area contributed by atoms with E-state index >= 15 is 0 Å². The fraction of sp³-hybridized carbons (Fsp3) is 0.400. The van der Waals surface area contributed by atoms with Crippen molar-refractivity contribution in [3.05, 3.63) is 35.9 Å². The zero-order valence-corrected chi connectivity index (χ0v) is 9.24. The van der Waals surface area contributed by atoms with Crippen molar-refractivity contribution < 1.29 is 14.4 Å². The molecule has 0 amide bonds. The van der Waals surface area contributed by atoms with E-state index < -0.39 is 13.0 Å². The van der Waals surface area contributed by atoms with Gasteiger partial charge < -0.3 is 9.79 Å². The predicted molar refractivity (Wildman–Crippen MR) is 56.4 cm³/mol. The largest absolute Gasteiger partial charge is 0.326 e. The van der Waals surface area contributed by atoms with Crippen LogP contribution in [0.15, 0.2) is 30.3 Å². The summed E-state index contributed by atoms with van der Waals surface area (Å²) < 4.78 is 10.9. The Hall–Kier alpha value is -0.630. The SMILES string of the molecule is CC(C)(CP(=O)(O)O)c1ccccc1. The van der Waals surface area contributed by atoms with Gasteiger partial charge in [0.2, 0.25) is 0 Å². The van der Waals surface area contributed by atoms with Gasteiger partial charge in [-0.2, -0.15) is 0 Å². The molecule has 0 fully saturated rings. The molecule has 0 atom stereocenters. The standard InChI is InChI=1S/C10H15O3P/c1-10(2,8-14(11,12)13)9-6-4-3-5-7-9/h3-7H,8H2,1-2H3,(H2,11,12,13). The molecule has 3 nitrogen and oxygen atoms in total. The van der Waals surface area contributed by atoms with Crippen molar-refractivity contribution >= 4 is 7.60 Å². The lowest BCUT2D eigenvalue weighted by atomic mass is 9.87. The van der Waals surface area contributed by atoms with Gasteiger partial charge in [-0.25, -0.2) is 0 Å². The van der Waals surface area contributed by atoms with E-state index in [1.165, 1.54) is 0 Å². The van der Waals surface area contributed by atoms with Crippen molar-refractivity contribution in [2.45, 2.75) is 19.3 Å². The average molecular weight is 214 g/mol. The molecule has 1 aromatic rings. The van der Waals surface area contributed by atoms with Gasteiger partial charge in [0.25, 0.3) is 0 Å². The van der Waals surface area contributed by atoms with E-state index in [-0.39, 0.29) is 6.16 Å². The number of hydrogen-bond acceptors (Lipinski definition) is 1. The molecule has 0 saturated carbocycles. The van der Waals surface area contributed by atoms with Crippen LogP contribution in [0.25, 0.3) is 0 Å². The molecule has 0 aliphatic carbocycles. The first-order valence-electron chi connectivity index (χ1n) is 4.41. The molecular weight excluding hydrogens is 199 g/mol. The van der Waals surface area contributed by atoms with Crippen molar-refractivity contribution in [3.63, 3.8) is 0 Å². The van der Waals surface area contributed by atoms with E-state index in [2.05, 4.69) is 0 Å². The zero-order chi connectivity index (χ0) is 10.8. The maximum atomic E-state index is 10.9. The van der Waals surface area contributed by atoms with Crippen LogP contribution >= 0.6 is 7.60 Å². The van der Waals surface area contributed by atoms with Gasteiger partial charge in [0.15, 0.2) is 0 Å². The molecule has 1 rings (SSSR count). The molecule has 0 unspecified atom stereocenters. The number of benzene rings is 1. The summed E-state index contributed by atoms with van der Waals surface area (Å²) in [4.78, 5) is 17.9. The molecule has 0 heterocycles. The molecule has 1 aromatic carbocycles. The van der Waals surface area contributed by atoms with Crippen molar-refractivity contribution in [2.75, 3.05) is 6.16 Å². The van der Waals surface area contributed by atoms with E-state index in [1.54, 1.807) is 0 Å². The van der Waals surface area contributed by atoms with Gasteiger partial charge in [-0.15, -0.1) is 0 Å². The lowest BCUT2D eigenvalue weighted by Crippen LogP contribution is -2.22. The highest BCUT2D eigenvalue weighted by Crippen LogP contribution is 2.42. The van der Waals surface area contributed by atoms with E-state index in [1.807, 2.05) is 44.2 Å². The van der Waals surface area contributed by atoms with E-state index in [9.17, 15) is 4.57 Å². The van der Waals surface area contributed by atoms with Crippen LogP contribution in [0.4, 0.5) is 0 Å². The summed E-state index contributed by atoms with van der Waals surface area (Å²) in [5.41, 5.74) is 0.462. The maximum absolute atomic E-state index is 10.9. The first kappa shape index (κ1) is 11.4. The molecule has 2 N–H and O–H groups in total. The van der Waals surface area contributed by atoms with Crippen LogP contribution < -0.4 is 0 Å². The van der Waals surface area contributed by atoms with Gasteiger partial charge in [-0.3, -0.25) is 4.57 Å². The maximum Gasteiger partial charge on any atom is 0.326 e. The fourth-order valence-corrected chi connectivity index (χ4v) is 2.71. The minimum absolute atomic E-state index is 0.121. The van der Waals surface area contributed by atoms with E-state index in [4.69, 9.17) is 9.79 Å². The van der Waals surface area contributed by atoms with Crippen molar-refractivity contribution in [1.82, 2.24) is 0 Å². The second-order valence-corrected chi connectivity index (χ2v) is 5.72. The molecule has 0 radical (unpaired) electrons. The Morgan fingerprint density at radius 2 is 1.71 bits per heavy atom. The molecule has 14 heavy (non-hydrogen) atoms. The van der Waals surface area contributed by atoms with Gasteiger partial charge in [0, 0.05) is 5.41 Å². The fourth-order valence-electron chi connectivity index (χ4n) is 1.50. The van der Waals surface area contributed by atoms with Gasteiger partial charge in [0.1, 0.15) is 0 Å². The third-order valence-electron chi connectivity index (χ3n) is 2.16. The van der Waals surface area contributed by atoms with Crippen LogP contribution in [0.5, 0.6) is 0 Å². The second kappa shape index (κ2) is 3.85. The summed E-state index contributed by atoms with van der Waals surface area (Å²) in [6, 6.07) is 9.40. The highest BCUT2D eigenvalue weighted by atomic mass is 31.2. The van der Waals surface area contributed by atoms with Gasteiger partial charge >= 0.3 is 7.60 Å². The van der Waals surface area contributed by atoms with Crippen LogP contribution in [0, 0.1) is 0 Å². The molecule has 0 aliphatic rings. The van der Waals surface area contributed by atoms with E-state index in [0.29, 0.717) is 0 Å². The molecule has 78 valence electrons. The monoisotopic (exact) mass is 214 g/mol. The van der Waals surface area contributed by atoms with Crippen LogP contribution in [-0.2, 0) is 9.98 Å². The first-order valence-corrected chi connectivity index (χ1v) is 6.21. The molecule has 0 aromatic heterocycles. The second-order valence-electron chi connectivity index (χ2n) is 4.07. The lowest BCUT2D eigenvalue weighted by molar-refractivity contribution is 0.359. The summed E-state index contributed by atoms with van der Waals surface area (Å²) >= 11 is 0. The van der Waals surface area contributed by atoms with Gasteiger partial charge in [-0.1, -0.05) is 44.2 Å². The van der Waals surface area contributed by atoms with Crippen molar-refractivity contribution in [3.8, 4) is 0 Å². The Balaban J connectivity index is 2.92. The topological polar surface area (TPSA) is 57.5 Å². The molecule has 4 heteroatoms. The third kappa shape index (κ3) is 3.26. The summed E-state index contributed by atoms with van der Waals surface area (Å²) in [6.45, 7) is 3.67. The van der Waals surface area contributed by atoms with Crippen LogP contribution in [-0.4, -0.2) is 15.9 Å². The van der Waals surface area contributed by atoms with Crippen molar-refractivity contribution in [2.24, 2.45) is 0 Å². The van der Waals surface area contributed by atoms with Crippen LogP contribution in [0.1, 0.15) is 19.4 Å².